The molecule has 0 bridgehead atoms. The summed E-state index contributed by atoms with van der Waals surface area (Å²) in [7, 11) is 0. The van der Waals surface area contributed by atoms with E-state index in [0.717, 1.165) is 19.6 Å². The molecule has 1 fully saturated rings. The van der Waals surface area contributed by atoms with Gasteiger partial charge in [-0.25, -0.2) is 0 Å². The minimum atomic E-state index is 0.346. The summed E-state index contributed by atoms with van der Waals surface area (Å²) >= 11 is 0. The Morgan fingerprint density at radius 2 is 1.83 bits per heavy atom. The first-order valence-corrected chi connectivity index (χ1v) is 6.73. The lowest BCUT2D eigenvalue weighted by Crippen LogP contribution is -2.45. The third kappa shape index (κ3) is 3.97. The molecule has 98 valence electrons. The smallest absolute Gasteiger partial charge is 0.0678 e. The van der Waals surface area contributed by atoms with Crippen molar-refractivity contribution in [3.05, 3.63) is 41.5 Å². The maximum atomic E-state index is 5.76. The van der Waals surface area contributed by atoms with E-state index in [1.807, 2.05) is 0 Å². The van der Waals surface area contributed by atoms with Gasteiger partial charge in [-0.1, -0.05) is 42.0 Å². The molecule has 18 heavy (non-hydrogen) atoms. The molecule has 2 rings (SSSR count). The second-order valence-corrected chi connectivity index (χ2v) is 5.35. The largest absolute Gasteiger partial charge is 0.373 e. The van der Waals surface area contributed by atoms with E-state index >= 15 is 0 Å². The number of nitrogens with zero attached hydrogens (tertiary/aromatic N) is 1. The van der Waals surface area contributed by atoms with Crippen LogP contribution in [0.5, 0.6) is 0 Å². The molecule has 0 radical (unpaired) electrons. The van der Waals surface area contributed by atoms with E-state index in [-0.39, 0.29) is 0 Å². The van der Waals surface area contributed by atoms with Crippen molar-refractivity contribution >= 4 is 6.08 Å². The van der Waals surface area contributed by atoms with E-state index < -0.39 is 0 Å². The van der Waals surface area contributed by atoms with Crippen LogP contribution in [0.2, 0.25) is 0 Å². The van der Waals surface area contributed by atoms with Crippen LogP contribution in [0.4, 0.5) is 0 Å². The molecule has 0 aliphatic carbocycles. The maximum absolute atomic E-state index is 5.76. The number of morpholine rings is 1. The fourth-order valence-corrected chi connectivity index (χ4v) is 2.65. The van der Waals surface area contributed by atoms with Gasteiger partial charge in [-0.3, -0.25) is 4.90 Å². The molecule has 0 spiro atoms. The zero-order valence-electron chi connectivity index (χ0n) is 11.6. The molecule has 0 aromatic heterocycles. The van der Waals surface area contributed by atoms with Crippen LogP contribution in [0.15, 0.2) is 35.9 Å². The van der Waals surface area contributed by atoms with Gasteiger partial charge in [0.2, 0.25) is 0 Å². The summed E-state index contributed by atoms with van der Waals surface area (Å²) in [5, 5.41) is 0. The molecule has 1 aromatic rings. The molecule has 2 atom stereocenters. The van der Waals surface area contributed by atoms with Gasteiger partial charge >= 0.3 is 0 Å². The molecule has 1 aromatic carbocycles. The minimum Gasteiger partial charge on any atom is -0.373 e. The van der Waals surface area contributed by atoms with Crippen molar-refractivity contribution in [1.82, 2.24) is 4.90 Å². The van der Waals surface area contributed by atoms with E-state index in [2.05, 4.69) is 62.1 Å². The normalized spacial score (nSPS) is 26.3. The molecular weight excluding hydrogens is 222 g/mol. The lowest BCUT2D eigenvalue weighted by molar-refractivity contribution is -0.0652. The summed E-state index contributed by atoms with van der Waals surface area (Å²) in [5.41, 5.74) is 2.69. The van der Waals surface area contributed by atoms with Gasteiger partial charge in [-0.05, 0) is 26.3 Å². The number of rotatable bonds is 3. The van der Waals surface area contributed by atoms with E-state index in [1.54, 1.807) is 0 Å². The van der Waals surface area contributed by atoms with Crippen molar-refractivity contribution in [1.29, 1.82) is 0 Å². The second-order valence-electron chi connectivity index (χ2n) is 5.35. The summed E-state index contributed by atoms with van der Waals surface area (Å²) in [6, 6.07) is 10.5. The topological polar surface area (TPSA) is 12.5 Å². The van der Waals surface area contributed by atoms with Crippen LogP contribution < -0.4 is 0 Å². The van der Waals surface area contributed by atoms with Crippen LogP contribution in [-0.4, -0.2) is 36.7 Å². The Hall–Kier alpha value is -1.12. The molecule has 2 nitrogen and oxygen atoms in total. The minimum absolute atomic E-state index is 0.346. The molecule has 0 N–H and O–H groups in total. The van der Waals surface area contributed by atoms with E-state index in [4.69, 9.17) is 4.74 Å². The van der Waals surface area contributed by atoms with Gasteiger partial charge in [0, 0.05) is 19.6 Å². The molecular formula is C16H23NO. The number of benzene rings is 1. The Morgan fingerprint density at radius 1 is 1.22 bits per heavy atom. The van der Waals surface area contributed by atoms with E-state index in [9.17, 15) is 0 Å². The van der Waals surface area contributed by atoms with Crippen LogP contribution in [0, 0.1) is 0 Å². The van der Waals surface area contributed by atoms with Gasteiger partial charge in [0.25, 0.3) is 0 Å². The van der Waals surface area contributed by atoms with Crippen LogP contribution in [0.1, 0.15) is 26.3 Å². The van der Waals surface area contributed by atoms with Gasteiger partial charge < -0.3 is 4.74 Å². The summed E-state index contributed by atoms with van der Waals surface area (Å²) in [6.45, 7) is 9.61. The van der Waals surface area contributed by atoms with Gasteiger partial charge in [0.1, 0.15) is 0 Å². The lowest BCUT2D eigenvalue weighted by Gasteiger charge is -2.35. The lowest BCUT2D eigenvalue weighted by atomic mass is 10.1. The fourth-order valence-electron chi connectivity index (χ4n) is 2.65. The number of ether oxygens (including phenoxy) is 1. The Balaban J connectivity index is 1.94. The molecule has 1 saturated heterocycles. The van der Waals surface area contributed by atoms with Gasteiger partial charge in [-0.15, -0.1) is 0 Å². The van der Waals surface area contributed by atoms with Crippen molar-refractivity contribution in [3.63, 3.8) is 0 Å². The predicted octanol–water partition coefficient (Wildman–Crippen LogP) is 3.20. The fraction of sp³-hybridized carbons (Fsp3) is 0.500. The zero-order chi connectivity index (χ0) is 13.0. The van der Waals surface area contributed by atoms with Crippen LogP contribution in [0.25, 0.3) is 6.08 Å². The third-order valence-electron chi connectivity index (χ3n) is 3.18. The quantitative estimate of drug-likeness (QED) is 0.811. The Morgan fingerprint density at radius 3 is 2.44 bits per heavy atom. The summed E-state index contributed by atoms with van der Waals surface area (Å²) < 4.78 is 5.76. The zero-order valence-corrected chi connectivity index (χ0v) is 11.6. The number of hydrogen-bond acceptors (Lipinski definition) is 2. The van der Waals surface area contributed by atoms with E-state index in [0.29, 0.717) is 12.2 Å². The molecule has 0 saturated carbocycles. The predicted molar refractivity (Wildman–Crippen MR) is 76.5 cm³/mol. The average Bonchev–Trinajstić information content (AvgIpc) is 2.28. The SMILES string of the molecule is C/C(=C\c1ccccc1)CN1C[C@H](C)O[C@@H](C)C1. The van der Waals surface area contributed by atoms with Crippen LogP contribution in [-0.2, 0) is 4.74 Å². The van der Waals surface area contributed by atoms with Crippen molar-refractivity contribution in [2.24, 2.45) is 0 Å². The molecule has 0 amide bonds. The van der Waals surface area contributed by atoms with Crippen LogP contribution >= 0.6 is 0 Å². The highest BCUT2D eigenvalue weighted by atomic mass is 16.5. The Kier molecular flexibility index (Phi) is 4.56. The highest BCUT2D eigenvalue weighted by Gasteiger charge is 2.21. The Labute approximate surface area is 110 Å². The third-order valence-corrected chi connectivity index (χ3v) is 3.18. The summed E-state index contributed by atoms with van der Waals surface area (Å²) in [5.74, 6) is 0. The molecule has 0 unspecified atom stereocenters. The summed E-state index contributed by atoms with van der Waals surface area (Å²) in [4.78, 5) is 2.48. The van der Waals surface area contributed by atoms with Crippen LogP contribution in [0.3, 0.4) is 0 Å². The van der Waals surface area contributed by atoms with Gasteiger partial charge in [0.15, 0.2) is 0 Å². The first-order valence-electron chi connectivity index (χ1n) is 6.73. The van der Waals surface area contributed by atoms with E-state index in [1.165, 1.54) is 11.1 Å². The highest BCUT2D eigenvalue weighted by Crippen LogP contribution is 2.13. The van der Waals surface area contributed by atoms with Crippen molar-refractivity contribution in [2.45, 2.75) is 33.0 Å². The monoisotopic (exact) mass is 245 g/mol. The maximum Gasteiger partial charge on any atom is 0.0678 e. The van der Waals surface area contributed by atoms with Crippen molar-refractivity contribution in [3.8, 4) is 0 Å². The summed E-state index contributed by atoms with van der Waals surface area (Å²) in [6.07, 6.45) is 2.96. The first-order chi connectivity index (χ1) is 8.63. The number of hydrogen-bond donors (Lipinski definition) is 0. The molecule has 1 aliphatic heterocycles. The highest BCUT2D eigenvalue weighted by molar-refractivity contribution is 5.52. The molecule has 1 aliphatic rings. The first kappa shape index (κ1) is 13.3. The van der Waals surface area contributed by atoms with Crippen molar-refractivity contribution in [2.75, 3.05) is 19.6 Å². The molecule has 1 heterocycles. The Bertz CT molecular complexity index is 389. The van der Waals surface area contributed by atoms with Gasteiger partial charge in [-0.2, -0.15) is 0 Å². The standard InChI is InChI=1S/C16H23NO/c1-13(9-16-7-5-4-6-8-16)10-17-11-14(2)18-15(3)12-17/h4-9,14-15H,10-12H2,1-3H3/b13-9+/t14-,15-/m0/s1. The van der Waals surface area contributed by atoms with Crippen molar-refractivity contribution < 1.29 is 4.74 Å². The average molecular weight is 245 g/mol. The van der Waals surface area contributed by atoms with Gasteiger partial charge in [0.05, 0.1) is 12.2 Å². The molecule has 2 heteroatoms. The second kappa shape index (κ2) is 6.17.